The van der Waals surface area contributed by atoms with Crippen molar-refractivity contribution in [3.05, 3.63) is 57.1 Å². The Hall–Kier alpha value is -1.52. The molecule has 0 aliphatic heterocycles. The van der Waals surface area contributed by atoms with Crippen LogP contribution in [-0.2, 0) is 0 Å². The summed E-state index contributed by atoms with van der Waals surface area (Å²) in [7, 11) is 3.18. The number of benzene rings is 2. The SMILES string of the molecule is COc1ccc(C(O)c2ccc(C)cc2C)c(OC)c1Br. The lowest BCUT2D eigenvalue weighted by Crippen LogP contribution is -2.05. The van der Waals surface area contributed by atoms with Gasteiger partial charge in [-0.25, -0.2) is 0 Å². The molecule has 0 fully saturated rings. The minimum absolute atomic E-state index is 0.585. The number of hydrogen-bond donors (Lipinski definition) is 1. The fraction of sp³-hybridized carbons (Fsp3) is 0.294. The zero-order valence-corrected chi connectivity index (χ0v) is 14.2. The van der Waals surface area contributed by atoms with Crippen molar-refractivity contribution < 1.29 is 14.6 Å². The molecule has 0 aromatic heterocycles. The van der Waals surface area contributed by atoms with Gasteiger partial charge in [-0.05, 0) is 53.0 Å². The van der Waals surface area contributed by atoms with Gasteiger partial charge in [-0.2, -0.15) is 0 Å². The van der Waals surface area contributed by atoms with Crippen LogP contribution in [0.25, 0.3) is 0 Å². The maximum atomic E-state index is 10.7. The molecule has 0 radical (unpaired) electrons. The summed E-state index contributed by atoms with van der Waals surface area (Å²) in [5, 5.41) is 10.7. The lowest BCUT2D eigenvalue weighted by Gasteiger charge is -2.19. The molecule has 1 unspecified atom stereocenters. The van der Waals surface area contributed by atoms with Crippen LogP contribution in [0.1, 0.15) is 28.4 Å². The van der Waals surface area contributed by atoms with E-state index in [1.165, 1.54) is 5.56 Å². The Labute approximate surface area is 133 Å². The van der Waals surface area contributed by atoms with Gasteiger partial charge >= 0.3 is 0 Å². The molecular weight excluding hydrogens is 332 g/mol. The second-order valence-corrected chi connectivity index (χ2v) is 5.76. The third-order valence-electron chi connectivity index (χ3n) is 3.53. The minimum Gasteiger partial charge on any atom is -0.495 e. The zero-order valence-electron chi connectivity index (χ0n) is 12.6. The first kappa shape index (κ1) is 15.9. The van der Waals surface area contributed by atoms with E-state index in [-0.39, 0.29) is 0 Å². The molecule has 21 heavy (non-hydrogen) atoms. The monoisotopic (exact) mass is 350 g/mol. The second-order valence-electron chi connectivity index (χ2n) is 4.97. The largest absolute Gasteiger partial charge is 0.495 e. The summed E-state index contributed by atoms with van der Waals surface area (Å²) in [5.74, 6) is 1.25. The molecule has 0 aliphatic carbocycles. The van der Waals surface area contributed by atoms with Crippen molar-refractivity contribution in [3.8, 4) is 11.5 Å². The fourth-order valence-electron chi connectivity index (χ4n) is 2.43. The van der Waals surface area contributed by atoms with Crippen LogP contribution in [0.15, 0.2) is 34.8 Å². The maximum absolute atomic E-state index is 10.7. The molecule has 0 aliphatic rings. The van der Waals surface area contributed by atoms with Crippen molar-refractivity contribution in [2.24, 2.45) is 0 Å². The van der Waals surface area contributed by atoms with E-state index in [0.717, 1.165) is 11.1 Å². The van der Waals surface area contributed by atoms with Gasteiger partial charge in [0.1, 0.15) is 22.1 Å². The summed E-state index contributed by atoms with van der Waals surface area (Å²) in [6.45, 7) is 4.03. The fourth-order valence-corrected chi connectivity index (χ4v) is 3.12. The Bertz CT molecular complexity index is 653. The average Bonchev–Trinajstić information content (AvgIpc) is 2.46. The van der Waals surface area contributed by atoms with Gasteiger partial charge < -0.3 is 14.6 Å². The molecule has 0 saturated heterocycles. The second kappa shape index (κ2) is 6.50. The average molecular weight is 351 g/mol. The van der Waals surface area contributed by atoms with Crippen LogP contribution in [0.5, 0.6) is 11.5 Å². The van der Waals surface area contributed by atoms with Crippen molar-refractivity contribution in [1.29, 1.82) is 0 Å². The number of rotatable bonds is 4. The van der Waals surface area contributed by atoms with E-state index in [4.69, 9.17) is 9.47 Å². The van der Waals surface area contributed by atoms with Crippen LogP contribution in [0.3, 0.4) is 0 Å². The number of halogens is 1. The molecule has 0 saturated carbocycles. The summed E-state index contributed by atoms with van der Waals surface area (Å²) < 4.78 is 11.4. The Morgan fingerprint density at radius 2 is 1.67 bits per heavy atom. The molecule has 0 bridgehead atoms. The van der Waals surface area contributed by atoms with Crippen LogP contribution >= 0.6 is 15.9 Å². The predicted octanol–water partition coefficient (Wildman–Crippen LogP) is 4.16. The number of ether oxygens (including phenoxy) is 2. The lowest BCUT2D eigenvalue weighted by atomic mass is 9.95. The highest BCUT2D eigenvalue weighted by Gasteiger charge is 2.21. The molecule has 2 aromatic carbocycles. The molecule has 1 atom stereocenters. The van der Waals surface area contributed by atoms with Crippen molar-refractivity contribution in [2.45, 2.75) is 20.0 Å². The van der Waals surface area contributed by atoms with Gasteiger partial charge in [-0.1, -0.05) is 23.8 Å². The number of aliphatic hydroxyl groups excluding tert-OH is 1. The van der Waals surface area contributed by atoms with Crippen molar-refractivity contribution >= 4 is 15.9 Å². The Morgan fingerprint density at radius 1 is 1.00 bits per heavy atom. The third-order valence-corrected chi connectivity index (χ3v) is 4.28. The van der Waals surface area contributed by atoms with Gasteiger partial charge in [0.05, 0.1) is 14.2 Å². The van der Waals surface area contributed by atoms with Crippen molar-refractivity contribution in [3.63, 3.8) is 0 Å². The molecule has 1 N–H and O–H groups in total. The van der Waals surface area contributed by atoms with E-state index in [0.29, 0.717) is 21.5 Å². The van der Waals surface area contributed by atoms with Gasteiger partial charge in [-0.3, -0.25) is 0 Å². The highest BCUT2D eigenvalue weighted by molar-refractivity contribution is 9.10. The van der Waals surface area contributed by atoms with Gasteiger partial charge in [0.2, 0.25) is 0 Å². The van der Waals surface area contributed by atoms with E-state index in [1.54, 1.807) is 14.2 Å². The molecule has 0 amide bonds. The number of methoxy groups -OCH3 is 2. The van der Waals surface area contributed by atoms with Crippen LogP contribution in [-0.4, -0.2) is 19.3 Å². The highest BCUT2D eigenvalue weighted by atomic mass is 79.9. The topological polar surface area (TPSA) is 38.7 Å². The van der Waals surface area contributed by atoms with Crippen LogP contribution in [0, 0.1) is 13.8 Å². The van der Waals surface area contributed by atoms with Crippen LogP contribution < -0.4 is 9.47 Å². The minimum atomic E-state index is -0.747. The molecule has 0 spiro atoms. The van der Waals surface area contributed by atoms with Crippen molar-refractivity contribution in [1.82, 2.24) is 0 Å². The molecule has 2 rings (SSSR count). The summed E-state index contributed by atoms with van der Waals surface area (Å²) >= 11 is 3.46. The van der Waals surface area contributed by atoms with E-state index in [9.17, 15) is 5.11 Å². The molecule has 3 nitrogen and oxygen atoms in total. The predicted molar refractivity (Wildman–Crippen MR) is 87.2 cm³/mol. The lowest BCUT2D eigenvalue weighted by molar-refractivity contribution is 0.213. The number of aliphatic hydroxyl groups is 1. The Morgan fingerprint density at radius 3 is 2.24 bits per heavy atom. The van der Waals surface area contributed by atoms with E-state index in [1.807, 2.05) is 38.1 Å². The zero-order chi connectivity index (χ0) is 15.6. The standard InChI is InChI=1S/C17H19BrO3/c1-10-5-6-12(11(2)9-10)16(19)13-7-8-14(20-3)15(18)17(13)21-4/h5-9,16,19H,1-4H3. The number of aryl methyl sites for hydroxylation is 2. The summed E-state index contributed by atoms with van der Waals surface area (Å²) in [6.07, 6.45) is -0.747. The first-order valence-electron chi connectivity index (χ1n) is 6.65. The van der Waals surface area contributed by atoms with Gasteiger partial charge in [0.25, 0.3) is 0 Å². The van der Waals surface area contributed by atoms with Gasteiger partial charge in [0.15, 0.2) is 0 Å². The summed E-state index contributed by atoms with van der Waals surface area (Å²) in [5.41, 5.74) is 3.80. The van der Waals surface area contributed by atoms with Gasteiger partial charge in [0, 0.05) is 5.56 Å². The Balaban J connectivity index is 2.52. The van der Waals surface area contributed by atoms with E-state index >= 15 is 0 Å². The smallest absolute Gasteiger partial charge is 0.142 e. The molecule has 0 heterocycles. The first-order chi connectivity index (χ1) is 9.99. The Kier molecular flexibility index (Phi) is 4.91. The third kappa shape index (κ3) is 3.06. The molecule has 2 aromatic rings. The quantitative estimate of drug-likeness (QED) is 0.899. The maximum Gasteiger partial charge on any atom is 0.142 e. The van der Waals surface area contributed by atoms with E-state index < -0.39 is 6.10 Å². The molecule has 4 heteroatoms. The van der Waals surface area contributed by atoms with Crippen molar-refractivity contribution in [2.75, 3.05) is 14.2 Å². The van der Waals surface area contributed by atoms with Crippen LogP contribution in [0.4, 0.5) is 0 Å². The molecule has 112 valence electrons. The molecular formula is C17H19BrO3. The highest BCUT2D eigenvalue weighted by Crippen LogP contribution is 2.41. The van der Waals surface area contributed by atoms with E-state index in [2.05, 4.69) is 22.0 Å². The van der Waals surface area contributed by atoms with Crippen LogP contribution in [0.2, 0.25) is 0 Å². The first-order valence-corrected chi connectivity index (χ1v) is 7.44. The summed E-state index contributed by atoms with van der Waals surface area (Å²) in [6, 6.07) is 9.65. The summed E-state index contributed by atoms with van der Waals surface area (Å²) in [4.78, 5) is 0. The number of hydrogen-bond acceptors (Lipinski definition) is 3. The van der Waals surface area contributed by atoms with Gasteiger partial charge in [-0.15, -0.1) is 0 Å². The normalized spacial score (nSPS) is 12.1.